The number of ether oxygens (including phenoxy) is 2. The topological polar surface area (TPSA) is 59.6 Å². The third kappa shape index (κ3) is 5.42. The molecule has 0 fully saturated rings. The average Bonchev–Trinajstić information content (AvgIpc) is 2.57. The highest BCUT2D eigenvalue weighted by Gasteiger charge is 2.11. The first-order chi connectivity index (χ1) is 11.9. The molecule has 0 bridgehead atoms. The largest absolute Gasteiger partial charge is 0.496 e. The molecule has 8 heteroatoms. The van der Waals surface area contributed by atoms with Crippen molar-refractivity contribution in [2.45, 2.75) is 6.92 Å². The molecule has 0 radical (unpaired) electrons. The van der Waals surface area contributed by atoms with Gasteiger partial charge in [-0.3, -0.25) is 10.1 Å². The molecule has 0 aromatic heterocycles. The van der Waals surface area contributed by atoms with E-state index in [9.17, 15) is 4.79 Å². The maximum Gasteiger partial charge on any atom is 0.257 e. The smallest absolute Gasteiger partial charge is 0.257 e. The van der Waals surface area contributed by atoms with Gasteiger partial charge in [0, 0.05) is 11.3 Å². The fourth-order valence-electron chi connectivity index (χ4n) is 2.00. The van der Waals surface area contributed by atoms with E-state index in [1.807, 2.05) is 13.0 Å². The molecule has 25 heavy (non-hydrogen) atoms. The Morgan fingerprint density at radius 2 is 1.80 bits per heavy atom. The third-order valence-corrected chi connectivity index (χ3v) is 4.57. The molecular formula is C17H16Br2N2O3S. The van der Waals surface area contributed by atoms with Gasteiger partial charge in [0.1, 0.15) is 11.5 Å². The molecule has 2 N–H and O–H groups in total. The molecule has 0 unspecified atom stereocenters. The minimum Gasteiger partial charge on any atom is -0.496 e. The number of hydrogen-bond acceptors (Lipinski definition) is 4. The van der Waals surface area contributed by atoms with Gasteiger partial charge in [-0.15, -0.1) is 0 Å². The number of hydrogen-bond donors (Lipinski definition) is 2. The Labute approximate surface area is 168 Å². The standard InChI is InChI=1S/C17H16Br2N2O3S/c1-3-24-15-6-4-10(8-12(15)18)16(22)21-17(25)20-11-5-7-14(23-2)13(19)9-11/h4-9H,3H2,1-2H3,(H2,20,21,22,25). The van der Waals surface area contributed by atoms with Crippen LogP contribution in [0, 0.1) is 0 Å². The van der Waals surface area contributed by atoms with E-state index in [0.29, 0.717) is 28.1 Å². The zero-order chi connectivity index (χ0) is 18.4. The van der Waals surface area contributed by atoms with Gasteiger partial charge < -0.3 is 14.8 Å². The molecular weight excluding hydrogens is 472 g/mol. The van der Waals surface area contributed by atoms with Crippen molar-refractivity contribution in [2.24, 2.45) is 0 Å². The first-order valence-corrected chi connectivity index (χ1v) is 9.32. The van der Waals surface area contributed by atoms with Crippen LogP contribution in [0.2, 0.25) is 0 Å². The van der Waals surface area contributed by atoms with E-state index >= 15 is 0 Å². The van der Waals surface area contributed by atoms with Crippen LogP contribution in [-0.2, 0) is 0 Å². The fourth-order valence-corrected chi connectivity index (χ4v) is 3.24. The van der Waals surface area contributed by atoms with Crippen molar-refractivity contribution in [3.8, 4) is 11.5 Å². The molecule has 2 aromatic rings. The predicted octanol–water partition coefficient (Wildman–Crippen LogP) is 4.75. The summed E-state index contributed by atoms with van der Waals surface area (Å²) in [7, 11) is 1.59. The number of benzene rings is 2. The zero-order valence-corrected chi connectivity index (χ0v) is 17.5. The Balaban J connectivity index is 2.01. The Morgan fingerprint density at radius 1 is 1.12 bits per heavy atom. The van der Waals surface area contributed by atoms with Crippen LogP contribution in [0.25, 0.3) is 0 Å². The van der Waals surface area contributed by atoms with E-state index in [0.717, 1.165) is 10.2 Å². The van der Waals surface area contributed by atoms with Crippen molar-refractivity contribution in [3.05, 3.63) is 50.9 Å². The number of carbonyl (C=O) groups excluding carboxylic acids is 1. The van der Waals surface area contributed by atoms with E-state index in [1.165, 1.54) is 0 Å². The Hall–Kier alpha value is -1.64. The summed E-state index contributed by atoms with van der Waals surface area (Å²) in [5, 5.41) is 5.80. The van der Waals surface area contributed by atoms with Crippen LogP contribution in [0.3, 0.4) is 0 Å². The number of thiocarbonyl (C=S) groups is 1. The lowest BCUT2D eigenvalue weighted by Crippen LogP contribution is -2.34. The van der Waals surface area contributed by atoms with Crippen LogP contribution in [-0.4, -0.2) is 24.7 Å². The van der Waals surface area contributed by atoms with E-state index in [1.54, 1.807) is 37.4 Å². The number of nitrogens with one attached hydrogen (secondary N) is 2. The normalized spacial score (nSPS) is 10.1. The summed E-state index contributed by atoms with van der Waals surface area (Å²) in [6.45, 7) is 2.45. The minimum absolute atomic E-state index is 0.201. The van der Waals surface area contributed by atoms with Gasteiger partial charge in [0.2, 0.25) is 0 Å². The quantitative estimate of drug-likeness (QED) is 0.596. The van der Waals surface area contributed by atoms with Crippen LogP contribution in [0.1, 0.15) is 17.3 Å². The van der Waals surface area contributed by atoms with Crippen LogP contribution in [0.15, 0.2) is 45.3 Å². The van der Waals surface area contributed by atoms with Crippen molar-refractivity contribution < 1.29 is 14.3 Å². The summed E-state index contributed by atoms with van der Waals surface area (Å²) in [6.07, 6.45) is 0. The summed E-state index contributed by atoms with van der Waals surface area (Å²) < 4.78 is 12.1. The molecule has 0 aliphatic carbocycles. The van der Waals surface area contributed by atoms with Crippen LogP contribution in [0.4, 0.5) is 5.69 Å². The monoisotopic (exact) mass is 486 g/mol. The molecule has 0 saturated heterocycles. The molecule has 2 aromatic carbocycles. The highest BCUT2D eigenvalue weighted by Crippen LogP contribution is 2.28. The number of anilines is 1. The molecule has 1 amide bonds. The average molecular weight is 488 g/mol. The molecule has 5 nitrogen and oxygen atoms in total. The van der Waals surface area contributed by atoms with E-state index in [4.69, 9.17) is 21.7 Å². The number of rotatable bonds is 5. The molecule has 0 heterocycles. The van der Waals surface area contributed by atoms with Crippen LogP contribution < -0.4 is 20.1 Å². The predicted molar refractivity (Wildman–Crippen MR) is 110 cm³/mol. The first-order valence-electron chi connectivity index (χ1n) is 7.32. The third-order valence-electron chi connectivity index (χ3n) is 3.13. The van der Waals surface area contributed by atoms with Gasteiger partial charge in [0.25, 0.3) is 5.91 Å². The van der Waals surface area contributed by atoms with E-state index < -0.39 is 0 Å². The van der Waals surface area contributed by atoms with Gasteiger partial charge in [-0.2, -0.15) is 0 Å². The lowest BCUT2D eigenvalue weighted by molar-refractivity contribution is 0.0977. The van der Waals surface area contributed by atoms with Gasteiger partial charge in [-0.25, -0.2) is 0 Å². The lowest BCUT2D eigenvalue weighted by atomic mass is 10.2. The fraction of sp³-hybridized carbons (Fsp3) is 0.176. The Morgan fingerprint density at radius 3 is 2.40 bits per heavy atom. The van der Waals surface area contributed by atoms with Gasteiger partial charge >= 0.3 is 0 Å². The van der Waals surface area contributed by atoms with Gasteiger partial charge in [-0.1, -0.05) is 0 Å². The van der Waals surface area contributed by atoms with Crippen molar-refractivity contribution >= 4 is 60.8 Å². The number of halogens is 2. The summed E-state index contributed by atoms with van der Waals surface area (Å²) in [5.41, 5.74) is 1.20. The first kappa shape index (κ1) is 19.7. The lowest BCUT2D eigenvalue weighted by Gasteiger charge is -2.12. The van der Waals surface area contributed by atoms with Crippen LogP contribution in [0.5, 0.6) is 11.5 Å². The molecule has 2 rings (SSSR count). The number of methoxy groups -OCH3 is 1. The SMILES string of the molecule is CCOc1ccc(C(=O)NC(=S)Nc2ccc(OC)c(Br)c2)cc1Br. The minimum atomic E-state index is -0.311. The maximum absolute atomic E-state index is 12.3. The molecule has 0 aliphatic rings. The van der Waals surface area contributed by atoms with Crippen molar-refractivity contribution in [3.63, 3.8) is 0 Å². The second-order valence-electron chi connectivity index (χ2n) is 4.84. The highest BCUT2D eigenvalue weighted by molar-refractivity contribution is 9.10. The molecule has 0 aliphatic heterocycles. The zero-order valence-electron chi connectivity index (χ0n) is 13.6. The Kier molecular flexibility index (Phi) is 7.22. The molecule has 132 valence electrons. The second-order valence-corrected chi connectivity index (χ2v) is 6.95. The van der Waals surface area contributed by atoms with Crippen molar-refractivity contribution in [2.75, 3.05) is 19.0 Å². The Bertz CT molecular complexity index is 799. The van der Waals surface area contributed by atoms with Crippen molar-refractivity contribution in [1.82, 2.24) is 5.32 Å². The molecule has 0 spiro atoms. The number of carbonyl (C=O) groups is 1. The summed E-state index contributed by atoms with van der Waals surface area (Å²) in [5.74, 6) is 1.08. The summed E-state index contributed by atoms with van der Waals surface area (Å²) in [6, 6.07) is 10.5. The maximum atomic E-state index is 12.3. The highest BCUT2D eigenvalue weighted by atomic mass is 79.9. The van der Waals surface area contributed by atoms with Gasteiger partial charge in [0.15, 0.2) is 5.11 Å². The molecule has 0 saturated carbocycles. The summed E-state index contributed by atoms with van der Waals surface area (Å²) in [4.78, 5) is 12.3. The van der Waals surface area contributed by atoms with E-state index in [2.05, 4.69) is 42.5 Å². The molecule has 0 atom stereocenters. The van der Waals surface area contributed by atoms with Gasteiger partial charge in [0.05, 0.1) is 22.7 Å². The summed E-state index contributed by atoms with van der Waals surface area (Å²) >= 11 is 12.0. The van der Waals surface area contributed by atoms with Crippen LogP contribution >= 0.6 is 44.1 Å². The van der Waals surface area contributed by atoms with Gasteiger partial charge in [-0.05, 0) is 87.4 Å². The second kappa shape index (κ2) is 9.17. The van der Waals surface area contributed by atoms with E-state index in [-0.39, 0.29) is 11.0 Å². The van der Waals surface area contributed by atoms with Crippen molar-refractivity contribution in [1.29, 1.82) is 0 Å². The number of amides is 1.